The van der Waals surface area contributed by atoms with Crippen LogP contribution in [0, 0.1) is 0 Å². The van der Waals surface area contributed by atoms with E-state index in [2.05, 4.69) is 194 Å². The molecule has 2 aromatic heterocycles. The normalized spacial score (nSPS) is 10.8. The van der Waals surface area contributed by atoms with Gasteiger partial charge in [0.25, 0.3) is 0 Å². The molecule has 2 heterocycles. The fourth-order valence-corrected chi connectivity index (χ4v) is 6.45. The van der Waals surface area contributed by atoms with Gasteiger partial charge in [-0.05, 0) is 57.6 Å². The summed E-state index contributed by atoms with van der Waals surface area (Å²) in [4.78, 5) is 10.7. The van der Waals surface area contributed by atoms with E-state index in [9.17, 15) is 0 Å². The van der Waals surface area contributed by atoms with Gasteiger partial charge in [-0.1, -0.05) is 182 Å². The number of pyridine rings is 2. The van der Waals surface area contributed by atoms with Crippen LogP contribution in [0.5, 0.6) is 0 Å². The van der Waals surface area contributed by atoms with Gasteiger partial charge in [0.05, 0.1) is 22.8 Å². The van der Waals surface area contributed by atoms with Crippen molar-refractivity contribution in [2.24, 2.45) is 0 Å². The van der Waals surface area contributed by atoms with Crippen molar-refractivity contribution in [3.05, 3.63) is 229 Å². The van der Waals surface area contributed by atoms with Crippen molar-refractivity contribution < 1.29 is 0 Å². The molecule has 0 amide bonds. The van der Waals surface area contributed by atoms with Gasteiger partial charge >= 0.3 is 0 Å². The topological polar surface area (TPSA) is 25.8 Å². The predicted molar refractivity (Wildman–Crippen MR) is 208 cm³/mol. The second-order valence-corrected chi connectivity index (χ2v) is 12.2. The van der Waals surface area contributed by atoms with Crippen LogP contribution < -0.4 is 0 Å². The molecule has 0 N–H and O–H groups in total. The van der Waals surface area contributed by atoms with Crippen LogP contribution in [0.2, 0.25) is 0 Å². The molecule has 236 valence electrons. The van der Waals surface area contributed by atoms with Crippen LogP contribution >= 0.6 is 0 Å². The SMILES string of the molecule is c1ccc(-c2ccc(C(=C(c3cccc(-c4ccccc4)n3)c3cccc(-c4ccccc4)n3)c3ccc(-c4ccccc4)cc3)cc2)cc1. The highest BCUT2D eigenvalue weighted by Crippen LogP contribution is 2.38. The minimum absolute atomic E-state index is 0.860. The van der Waals surface area contributed by atoms with E-state index in [1.54, 1.807) is 0 Å². The zero-order valence-electron chi connectivity index (χ0n) is 27.5. The van der Waals surface area contributed by atoms with E-state index in [4.69, 9.17) is 9.97 Å². The monoisotopic (exact) mass is 638 g/mol. The van der Waals surface area contributed by atoms with Gasteiger partial charge in [0.2, 0.25) is 0 Å². The van der Waals surface area contributed by atoms with Crippen LogP contribution in [0.1, 0.15) is 22.5 Å². The first kappa shape index (κ1) is 30.7. The molecule has 0 saturated carbocycles. The number of nitrogens with zero attached hydrogens (tertiary/aromatic N) is 2. The Kier molecular flexibility index (Phi) is 8.73. The van der Waals surface area contributed by atoms with Gasteiger partial charge in [-0.3, -0.25) is 0 Å². The van der Waals surface area contributed by atoms with E-state index in [1.807, 2.05) is 12.1 Å². The summed E-state index contributed by atoms with van der Waals surface area (Å²) in [6.07, 6.45) is 0. The van der Waals surface area contributed by atoms with Crippen molar-refractivity contribution in [2.75, 3.05) is 0 Å². The van der Waals surface area contributed by atoms with E-state index in [-0.39, 0.29) is 0 Å². The molecular formula is C48H34N2. The molecule has 8 rings (SSSR count). The standard InChI is InChI=1S/C48H34N2/c1-5-15-35(16-6-1)37-27-31-41(32-28-37)47(42-33-29-38(30-34-42)36-17-7-2-8-18-36)48(45-25-13-23-43(49-45)39-19-9-3-10-20-39)46-26-14-24-44(50-46)40-21-11-4-12-22-40/h1-34H. The molecule has 2 heteroatoms. The zero-order valence-corrected chi connectivity index (χ0v) is 27.5. The van der Waals surface area contributed by atoms with Crippen LogP contribution in [-0.2, 0) is 0 Å². The fraction of sp³-hybridized carbons (Fsp3) is 0. The Morgan fingerprint density at radius 2 is 0.560 bits per heavy atom. The number of hydrogen-bond donors (Lipinski definition) is 0. The average Bonchev–Trinajstić information content (AvgIpc) is 3.21. The van der Waals surface area contributed by atoms with Crippen molar-refractivity contribution in [3.8, 4) is 44.8 Å². The zero-order chi connectivity index (χ0) is 33.5. The second kappa shape index (κ2) is 14.2. The molecule has 0 fully saturated rings. The Morgan fingerprint density at radius 3 is 0.920 bits per heavy atom. The number of hydrogen-bond acceptors (Lipinski definition) is 2. The predicted octanol–water partition coefficient (Wildman–Crippen LogP) is 12.2. The quantitative estimate of drug-likeness (QED) is 0.165. The first-order chi connectivity index (χ1) is 24.8. The third-order valence-electron chi connectivity index (χ3n) is 8.96. The van der Waals surface area contributed by atoms with Gasteiger partial charge in [-0.2, -0.15) is 0 Å². The molecule has 2 nitrogen and oxygen atoms in total. The van der Waals surface area contributed by atoms with Gasteiger partial charge in [-0.15, -0.1) is 0 Å². The van der Waals surface area contributed by atoms with Gasteiger partial charge in [0.15, 0.2) is 0 Å². The summed E-state index contributed by atoms with van der Waals surface area (Å²) < 4.78 is 0. The Bertz CT molecular complexity index is 2190. The molecule has 0 saturated heterocycles. The largest absolute Gasteiger partial charge is 0.248 e. The third kappa shape index (κ3) is 6.56. The van der Waals surface area contributed by atoms with Gasteiger partial charge in [0.1, 0.15) is 0 Å². The highest BCUT2D eigenvalue weighted by molar-refractivity contribution is 6.04. The smallest absolute Gasteiger partial charge is 0.0737 e. The van der Waals surface area contributed by atoms with Crippen LogP contribution in [-0.4, -0.2) is 9.97 Å². The van der Waals surface area contributed by atoms with Crippen molar-refractivity contribution in [1.82, 2.24) is 9.97 Å². The second-order valence-electron chi connectivity index (χ2n) is 12.2. The van der Waals surface area contributed by atoms with Crippen LogP contribution in [0.4, 0.5) is 0 Å². The average molecular weight is 639 g/mol. The summed E-state index contributed by atoms with van der Waals surface area (Å²) in [5.41, 5.74) is 14.6. The molecule has 6 aromatic carbocycles. The number of aromatic nitrogens is 2. The maximum atomic E-state index is 5.33. The Balaban J connectivity index is 1.38. The number of rotatable bonds is 8. The van der Waals surface area contributed by atoms with Gasteiger partial charge < -0.3 is 0 Å². The van der Waals surface area contributed by atoms with Crippen LogP contribution in [0.15, 0.2) is 206 Å². The summed E-state index contributed by atoms with van der Waals surface area (Å²) in [7, 11) is 0. The van der Waals surface area contributed by atoms with E-state index < -0.39 is 0 Å². The van der Waals surface area contributed by atoms with Gasteiger partial charge in [0, 0.05) is 22.3 Å². The van der Waals surface area contributed by atoms with Crippen LogP contribution in [0.25, 0.3) is 55.9 Å². The Hall–Kier alpha value is -6.64. The van der Waals surface area contributed by atoms with E-state index in [1.165, 1.54) is 22.3 Å². The molecule has 50 heavy (non-hydrogen) atoms. The molecular weight excluding hydrogens is 605 g/mol. The number of benzene rings is 6. The Labute approximate surface area is 293 Å². The van der Waals surface area contributed by atoms with Crippen molar-refractivity contribution in [1.29, 1.82) is 0 Å². The van der Waals surface area contributed by atoms with Crippen molar-refractivity contribution >= 4 is 11.1 Å². The molecule has 0 radical (unpaired) electrons. The first-order valence-electron chi connectivity index (χ1n) is 16.9. The molecule has 0 bridgehead atoms. The van der Waals surface area contributed by atoms with Crippen molar-refractivity contribution in [3.63, 3.8) is 0 Å². The molecule has 0 unspecified atom stereocenters. The first-order valence-corrected chi connectivity index (χ1v) is 16.9. The highest BCUT2D eigenvalue weighted by atomic mass is 14.8. The lowest BCUT2D eigenvalue weighted by Crippen LogP contribution is -2.03. The van der Waals surface area contributed by atoms with E-state index in [0.717, 1.165) is 56.2 Å². The summed E-state index contributed by atoms with van der Waals surface area (Å²) >= 11 is 0. The highest BCUT2D eigenvalue weighted by Gasteiger charge is 2.20. The summed E-state index contributed by atoms with van der Waals surface area (Å²) in [5.74, 6) is 0. The minimum Gasteiger partial charge on any atom is -0.248 e. The summed E-state index contributed by atoms with van der Waals surface area (Å²) in [5, 5.41) is 0. The molecule has 8 aromatic rings. The maximum Gasteiger partial charge on any atom is 0.0737 e. The summed E-state index contributed by atoms with van der Waals surface area (Å²) in [6.45, 7) is 0. The van der Waals surface area contributed by atoms with Gasteiger partial charge in [-0.25, -0.2) is 9.97 Å². The lowest BCUT2D eigenvalue weighted by Gasteiger charge is -2.19. The lowest BCUT2D eigenvalue weighted by molar-refractivity contribution is 1.22. The lowest BCUT2D eigenvalue weighted by atomic mass is 9.87. The van der Waals surface area contributed by atoms with E-state index >= 15 is 0 Å². The van der Waals surface area contributed by atoms with Crippen LogP contribution in [0.3, 0.4) is 0 Å². The molecule has 0 aliphatic carbocycles. The fourth-order valence-electron chi connectivity index (χ4n) is 6.45. The van der Waals surface area contributed by atoms with Crippen molar-refractivity contribution in [2.45, 2.75) is 0 Å². The molecule has 0 atom stereocenters. The molecule has 0 aliphatic heterocycles. The molecule has 0 spiro atoms. The summed E-state index contributed by atoms with van der Waals surface area (Å²) in [6, 6.07) is 72.1. The minimum atomic E-state index is 0.860. The maximum absolute atomic E-state index is 5.33. The van der Waals surface area contributed by atoms with E-state index in [0.29, 0.717) is 0 Å². The Morgan fingerprint density at radius 1 is 0.240 bits per heavy atom. The molecule has 0 aliphatic rings. The third-order valence-corrected chi connectivity index (χ3v) is 8.96.